The number of amides is 2. The van der Waals surface area contributed by atoms with Crippen LogP contribution in [0.5, 0.6) is 0 Å². The van der Waals surface area contributed by atoms with E-state index in [1.165, 1.54) is 0 Å². The Balaban J connectivity index is 3.23. The van der Waals surface area contributed by atoms with Crippen molar-refractivity contribution in [1.29, 1.82) is 0 Å². The number of hydrogen-bond acceptors (Lipinski definition) is 2. The number of nitrogens with zero attached hydrogens (tertiary/aromatic N) is 1. The van der Waals surface area contributed by atoms with E-state index < -0.39 is 6.03 Å². The van der Waals surface area contributed by atoms with Crippen LogP contribution in [0.1, 0.15) is 20.3 Å². The zero-order valence-electron chi connectivity index (χ0n) is 7.97. The number of nitrogens with one attached hydrogen (secondary N) is 1. The molecule has 0 aromatic heterocycles. The van der Waals surface area contributed by atoms with Crippen LogP contribution in [-0.4, -0.2) is 37.1 Å². The van der Waals surface area contributed by atoms with Gasteiger partial charge >= 0.3 is 6.03 Å². The molecule has 0 atom stereocenters. The van der Waals surface area contributed by atoms with Crippen LogP contribution in [0.15, 0.2) is 0 Å². The fourth-order valence-corrected chi connectivity index (χ4v) is 1.05. The summed E-state index contributed by atoms with van der Waals surface area (Å²) in [6.07, 6.45) is 0.963. The second-order valence-corrected chi connectivity index (χ2v) is 2.67. The van der Waals surface area contributed by atoms with Crippen molar-refractivity contribution in [3.63, 3.8) is 0 Å². The molecule has 0 aliphatic carbocycles. The molecular weight excluding hydrogens is 154 g/mol. The van der Waals surface area contributed by atoms with Crippen LogP contribution in [0.4, 0.5) is 4.79 Å². The van der Waals surface area contributed by atoms with Crippen LogP contribution < -0.4 is 11.1 Å². The van der Waals surface area contributed by atoms with Crippen molar-refractivity contribution in [3.05, 3.63) is 0 Å². The first-order valence-electron chi connectivity index (χ1n) is 4.46. The molecule has 2 amide bonds. The van der Waals surface area contributed by atoms with Crippen LogP contribution in [0.25, 0.3) is 0 Å². The highest BCUT2D eigenvalue weighted by atomic mass is 16.2. The van der Waals surface area contributed by atoms with Crippen molar-refractivity contribution in [2.24, 2.45) is 5.73 Å². The molecule has 3 N–H and O–H groups in total. The quantitative estimate of drug-likeness (QED) is 0.571. The molecule has 0 spiro atoms. The van der Waals surface area contributed by atoms with Crippen molar-refractivity contribution in [3.8, 4) is 0 Å². The number of carbonyl (C=O) groups excluding carboxylic acids is 1. The third kappa shape index (κ3) is 5.97. The molecule has 4 heteroatoms. The number of nitrogens with two attached hydrogens (primary N) is 1. The molecule has 0 aromatic rings. The largest absolute Gasteiger partial charge is 0.352 e. The van der Waals surface area contributed by atoms with Gasteiger partial charge in [0.05, 0.1) is 0 Å². The third-order valence-electron chi connectivity index (χ3n) is 1.84. The van der Waals surface area contributed by atoms with Gasteiger partial charge in [0, 0.05) is 6.54 Å². The fourth-order valence-electron chi connectivity index (χ4n) is 1.05. The van der Waals surface area contributed by atoms with Gasteiger partial charge in [0.1, 0.15) is 0 Å². The zero-order chi connectivity index (χ0) is 9.40. The van der Waals surface area contributed by atoms with Gasteiger partial charge < -0.3 is 16.0 Å². The van der Waals surface area contributed by atoms with Crippen molar-refractivity contribution in [1.82, 2.24) is 10.2 Å². The molecule has 0 bridgehead atoms. The normalized spacial score (nSPS) is 10.2. The van der Waals surface area contributed by atoms with Gasteiger partial charge in [-0.1, -0.05) is 13.8 Å². The van der Waals surface area contributed by atoms with E-state index in [0.717, 1.165) is 26.1 Å². The van der Waals surface area contributed by atoms with Gasteiger partial charge in [-0.2, -0.15) is 0 Å². The van der Waals surface area contributed by atoms with E-state index in [9.17, 15) is 4.79 Å². The summed E-state index contributed by atoms with van der Waals surface area (Å²) in [7, 11) is 0. The van der Waals surface area contributed by atoms with E-state index in [1.807, 2.05) is 0 Å². The first kappa shape index (κ1) is 11.2. The molecule has 0 saturated heterocycles. The Hall–Kier alpha value is -0.770. The van der Waals surface area contributed by atoms with E-state index in [0.29, 0.717) is 6.54 Å². The molecule has 0 radical (unpaired) electrons. The van der Waals surface area contributed by atoms with Crippen molar-refractivity contribution < 1.29 is 4.79 Å². The summed E-state index contributed by atoms with van der Waals surface area (Å²) in [6, 6.07) is -0.436. The van der Waals surface area contributed by atoms with Gasteiger partial charge in [0.25, 0.3) is 0 Å². The molecular formula is C8H19N3O. The first-order valence-corrected chi connectivity index (χ1v) is 4.46. The zero-order valence-corrected chi connectivity index (χ0v) is 7.97. The summed E-state index contributed by atoms with van der Waals surface area (Å²) in [5, 5.41) is 2.56. The average molecular weight is 173 g/mol. The molecule has 0 unspecified atom stereocenters. The lowest BCUT2D eigenvalue weighted by molar-refractivity contribution is 0.247. The minimum absolute atomic E-state index is 0.436. The molecule has 0 fully saturated rings. The van der Waals surface area contributed by atoms with Gasteiger partial charge in [-0.05, 0) is 26.1 Å². The number of rotatable bonds is 6. The third-order valence-corrected chi connectivity index (χ3v) is 1.84. The number of urea groups is 1. The van der Waals surface area contributed by atoms with E-state index in [-0.39, 0.29) is 0 Å². The lowest BCUT2D eigenvalue weighted by Crippen LogP contribution is -2.32. The Kier molecular flexibility index (Phi) is 6.47. The maximum absolute atomic E-state index is 10.3. The monoisotopic (exact) mass is 173 g/mol. The van der Waals surface area contributed by atoms with E-state index in [4.69, 9.17) is 5.73 Å². The number of carbonyl (C=O) groups is 1. The topological polar surface area (TPSA) is 58.4 Å². The summed E-state index contributed by atoms with van der Waals surface area (Å²) in [4.78, 5) is 12.6. The first-order chi connectivity index (χ1) is 5.70. The summed E-state index contributed by atoms with van der Waals surface area (Å²) in [5.41, 5.74) is 4.91. The highest BCUT2D eigenvalue weighted by Gasteiger charge is 1.97. The smallest absolute Gasteiger partial charge is 0.312 e. The van der Waals surface area contributed by atoms with Gasteiger partial charge in [-0.3, -0.25) is 0 Å². The second-order valence-electron chi connectivity index (χ2n) is 2.67. The van der Waals surface area contributed by atoms with E-state index >= 15 is 0 Å². The SMILES string of the molecule is CCN(CC)CCCNC(N)=O. The van der Waals surface area contributed by atoms with Gasteiger partial charge in [0.15, 0.2) is 0 Å². The van der Waals surface area contributed by atoms with Gasteiger partial charge in [-0.25, -0.2) is 4.79 Å². The second kappa shape index (κ2) is 6.91. The molecule has 4 nitrogen and oxygen atoms in total. The fraction of sp³-hybridized carbons (Fsp3) is 0.875. The summed E-state index contributed by atoms with van der Waals surface area (Å²) in [5.74, 6) is 0. The molecule has 0 saturated carbocycles. The Bertz CT molecular complexity index is 123. The Morgan fingerprint density at radius 2 is 2.00 bits per heavy atom. The van der Waals surface area contributed by atoms with Crippen LogP contribution >= 0.6 is 0 Å². The van der Waals surface area contributed by atoms with Crippen molar-refractivity contribution in [2.45, 2.75) is 20.3 Å². The Morgan fingerprint density at radius 1 is 1.42 bits per heavy atom. The maximum atomic E-state index is 10.3. The molecule has 0 heterocycles. The standard InChI is InChI=1S/C8H19N3O/c1-3-11(4-2)7-5-6-10-8(9)12/h3-7H2,1-2H3,(H3,9,10,12). The average Bonchev–Trinajstić information content (AvgIpc) is 2.04. The molecule has 72 valence electrons. The van der Waals surface area contributed by atoms with E-state index in [1.54, 1.807) is 0 Å². The minimum atomic E-state index is -0.436. The van der Waals surface area contributed by atoms with Crippen molar-refractivity contribution in [2.75, 3.05) is 26.2 Å². The number of primary amides is 1. The highest BCUT2D eigenvalue weighted by molar-refractivity contribution is 5.71. The lowest BCUT2D eigenvalue weighted by atomic mass is 10.3. The van der Waals surface area contributed by atoms with E-state index in [2.05, 4.69) is 24.1 Å². The highest BCUT2D eigenvalue weighted by Crippen LogP contribution is 1.88. The molecule has 12 heavy (non-hydrogen) atoms. The molecule has 0 aliphatic heterocycles. The Labute approximate surface area is 74.1 Å². The summed E-state index contributed by atoms with van der Waals surface area (Å²) < 4.78 is 0. The van der Waals surface area contributed by atoms with Gasteiger partial charge in [0.2, 0.25) is 0 Å². The predicted octanol–water partition coefficient (Wildman–Crippen LogP) is 0.387. The molecule has 0 aromatic carbocycles. The predicted molar refractivity (Wildman–Crippen MR) is 50.0 cm³/mol. The Morgan fingerprint density at radius 3 is 2.42 bits per heavy atom. The van der Waals surface area contributed by atoms with Crippen molar-refractivity contribution >= 4 is 6.03 Å². The maximum Gasteiger partial charge on any atom is 0.312 e. The van der Waals surface area contributed by atoms with Crippen LogP contribution in [0.2, 0.25) is 0 Å². The van der Waals surface area contributed by atoms with Crippen LogP contribution in [-0.2, 0) is 0 Å². The minimum Gasteiger partial charge on any atom is -0.352 e. The van der Waals surface area contributed by atoms with Crippen LogP contribution in [0, 0.1) is 0 Å². The lowest BCUT2D eigenvalue weighted by Gasteiger charge is -2.17. The van der Waals surface area contributed by atoms with Crippen LogP contribution in [0.3, 0.4) is 0 Å². The molecule has 0 rings (SSSR count). The molecule has 0 aliphatic rings. The summed E-state index contributed by atoms with van der Waals surface area (Å²) in [6.45, 7) is 8.08. The van der Waals surface area contributed by atoms with Gasteiger partial charge in [-0.15, -0.1) is 0 Å². The number of hydrogen-bond donors (Lipinski definition) is 2. The summed E-state index contributed by atoms with van der Waals surface area (Å²) >= 11 is 0.